The third kappa shape index (κ3) is 7.06. The predicted molar refractivity (Wildman–Crippen MR) is 144 cm³/mol. The van der Waals surface area contributed by atoms with Crippen molar-refractivity contribution in [2.75, 3.05) is 33.3 Å². The van der Waals surface area contributed by atoms with Gasteiger partial charge in [-0.2, -0.15) is 13.2 Å². The third-order valence-corrected chi connectivity index (χ3v) is 6.59. The first-order valence-electron chi connectivity index (χ1n) is 12.6. The van der Waals surface area contributed by atoms with Crippen molar-refractivity contribution < 1.29 is 36.9 Å². The average Bonchev–Trinajstić information content (AvgIpc) is 3.26. The quantitative estimate of drug-likeness (QED) is 0.294. The van der Waals surface area contributed by atoms with Gasteiger partial charge < -0.3 is 29.2 Å². The maximum atomic E-state index is 14.3. The summed E-state index contributed by atoms with van der Waals surface area (Å²) in [5.74, 6) is 1.15. The molecule has 1 amide bonds. The molecule has 3 aromatic rings. The summed E-state index contributed by atoms with van der Waals surface area (Å²) in [6.45, 7) is 0.419. The van der Waals surface area contributed by atoms with Gasteiger partial charge >= 0.3 is 6.18 Å². The zero-order valence-corrected chi connectivity index (χ0v) is 22.5. The van der Waals surface area contributed by atoms with Crippen LogP contribution in [0.4, 0.5) is 18.9 Å². The summed E-state index contributed by atoms with van der Waals surface area (Å²) < 4.78 is 64.3. The Morgan fingerprint density at radius 1 is 0.825 bits per heavy atom. The highest BCUT2D eigenvalue weighted by Crippen LogP contribution is 2.37. The van der Waals surface area contributed by atoms with Gasteiger partial charge in [-0.25, -0.2) is 0 Å². The first-order valence-corrected chi connectivity index (χ1v) is 12.6. The van der Waals surface area contributed by atoms with Crippen LogP contribution in [-0.2, 0) is 22.7 Å². The molecule has 212 valence electrons. The van der Waals surface area contributed by atoms with E-state index in [1.807, 2.05) is 12.1 Å². The number of alkyl halides is 3. The molecule has 0 aliphatic carbocycles. The Bertz CT molecular complexity index is 1310. The van der Waals surface area contributed by atoms with Crippen LogP contribution in [0.15, 0.2) is 84.1 Å². The Balaban J connectivity index is 1.60. The molecule has 1 saturated heterocycles. The molecule has 3 aromatic carbocycles. The van der Waals surface area contributed by atoms with Gasteiger partial charge in [-0.15, -0.1) is 0 Å². The number of amides is 1. The predicted octanol–water partition coefficient (Wildman–Crippen LogP) is 5.96. The molecule has 1 N–H and O–H groups in total. The molecule has 0 aromatic heterocycles. The second kappa shape index (κ2) is 12.8. The molecule has 1 fully saturated rings. The second-order valence-electron chi connectivity index (χ2n) is 9.21. The van der Waals surface area contributed by atoms with Gasteiger partial charge in [-0.05, 0) is 59.7 Å². The fraction of sp³-hybridized carbons (Fsp3) is 0.300. The first kappa shape index (κ1) is 28.8. The van der Waals surface area contributed by atoms with E-state index in [-0.39, 0.29) is 37.4 Å². The van der Waals surface area contributed by atoms with Crippen LogP contribution in [0.25, 0.3) is 0 Å². The van der Waals surface area contributed by atoms with E-state index in [1.165, 1.54) is 24.1 Å². The number of carbonyl (C=O) groups excluding carboxylic acids is 1. The molecule has 1 aliphatic rings. The highest BCUT2D eigenvalue weighted by atomic mass is 19.4. The maximum Gasteiger partial charge on any atom is 0.431 e. The average molecular weight is 557 g/mol. The van der Waals surface area contributed by atoms with E-state index in [0.717, 1.165) is 11.1 Å². The van der Waals surface area contributed by atoms with Crippen molar-refractivity contribution in [2.45, 2.75) is 31.8 Å². The fourth-order valence-electron chi connectivity index (χ4n) is 4.43. The van der Waals surface area contributed by atoms with Crippen molar-refractivity contribution in [3.63, 3.8) is 0 Å². The van der Waals surface area contributed by atoms with Crippen molar-refractivity contribution in [1.29, 1.82) is 0 Å². The number of ether oxygens (including phenoxy) is 4. The highest BCUT2D eigenvalue weighted by Gasteiger charge is 2.45. The van der Waals surface area contributed by atoms with Gasteiger partial charge in [0, 0.05) is 24.2 Å². The minimum absolute atomic E-state index is 0.0606. The van der Waals surface area contributed by atoms with Gasteiger partial charge in [0.25, 0.3) is 5.91 Å². The highest BCUT2D eigenvalue weighted by molar-refractivity contribution is 5.97. The number of rotatable bonds is 11. The largest absolute Gasteiger partial charge is 0.497 e. The number of carbonyl (C=O) groups is 1. The van der Waals surface area contributed by atoms with E-state index < -0.39 is 23.8 Å². The monoisotopic (exact) mass is 556 g/mol. The first-order chi connectivity index (χ1) is 19.2. The number of allylic oxidation sites excluding steroid dienone is 1. The lowest BCUT2D eigenvalue weighted by atomic mass is 10.1. The van der Waals surface area contributed by atoms with Gasteiger partial charge in [0.15, 0.2) is 0 Å². The molecule has 40 heavy (non-hydrogen) atoms. The Morgan fingerprint density at radius 2 is 1.32 bits per heavy atom. The minimum atomic E-state index is -4.78. The summed E-state index contributed by atoms with van der Waals surface area (Å²) >= 11 is 0. The van der Waals surface area contributed by atoms with E-state index in [1.54, 1.807) is 62.8 Å². The van der Waals surface area contributed by atoms with E-state index in [0.29, 0.717) is 17.2 Å². The van der Waals surface area contributed by atoms with Crippen molar-refractivity contribution in [1.82, 2.24) is 4.90 Å². The van der Waals surface area contributed by atoms with Crippen molar-refractivity contribution >= 4 is 11.6 Å². The molecule has 0 bridgehead atoms. The summed E-state index contributed by atoms with van der Waals surface area (Å²) in [4.78, 5) is 15.0. The topological polar surface area (TPSA) is 69.3 Å². The summed E-state index contributed by atoms with van der Waals surface area (Å²) in [5.41, 5.74) is 0.399. The molecule has 0 unspecified atom stereocenters. The number of hydrogen-bond donors (Lipinski definition) is 1. The van der Waals surface area contributed by atoms with Crippen LogP contribution in [0.5, 0.6) is 17.2 Å². The molecule has 10 heteroatoms. The molecule has 0 spiro atoms. The van der Waals surface area contributed by atoms with Crippen LogP contribution >= 0.6 is 0 Å². The molecular weight excluding hydrogens is 525 g/mol. The SMILES string of the molecule is COc1ccc(COC[C@@H]2C/C(=C(\Nc3ccc(OC)cc3)C(F)(F)F)C(=O)N2Cc2ccc(OC)cc2)cc1. The summed E-state index contributed by atoms with van der Waals surface area (Å²) in [5, 5.41) is 2.44. The van der Waals surface area contributed by atoms with Crippen LogP contribution in [0.3, 0.4) is 0 Å². The molecule has 4 rings (SSSR count). The van der Waals surface area contributed by atoms with Crippen molar-refractivity contribution in [2.24, 2.45) is 0 Å². The summed E-state index contributed by atoms with van der Waals surface area (Å²) in [6, 6.07) is 19.8. The van der Waals surface area contributed by atoms with Crippen LogP contribution in [0.1, 0.15) is 17.5 Å². The Labute approximate surface area is 231 Å². The lowest BCUT2D eigenvalue weighted by molar-refractivity contribution is -0.128. The molecule has 7 nitrogen and oxygen atoms in total. The van der Waals surface area contributed by atoms with Crippen LogP contribution in [0.2, 0.25) is 0 Å². The smallest absolute Gasteiger partial charge is 0.431 e. The molecule has 0 radical (unpaired) electrons. The Hall–Kier alpha value is -4.18. The third-order valence-electron chi connectivity index (χ3n) is 6.59. The number of nitrogens with zero attached hydrogens (tertiary/aromatic N) is 1. The maximum absolute atomic E-state index is 14.3. The second-order valence-corrected chi connectivity index (χ2v) is 9.21. The fourth-order valence-corrected chi connectivity index (χ4v) is 4.43. The van der Waals surface area contributed by atoms with E-state index in [4.69, 9.17) is 18.9 Å². The molecule has 0 saturated carbocycles. The summed E-state index contributed by atoms with van der Waals surface area (Å²) in [7, 11) is 4.58. The zero-order chi connectivity index (χ0) is 28.7. The lowest BCUT2D eigenvalue weighted by Crippen LogP contribution is -2.36. The molecular formula is C30H31F3N2O5. The van der Waals surface area contributed by atoms with Crippen molar-refractivity contribution in [3.8, 4) is 17.2 Å². The van der Waals surface area contributed by atoms with Crippen LogP contribution in [0, 0.1) is 0 Å². The number of nitrogens with one attached hydrogen (secondary N) is 1. The van der Waals surface area contributed by atoms with E-state index in [2.05, 4.69) is 5.32 Å². The number of hydrogen-bond acceptors (Lipinski definition) is 6. The Kier molecular flexibility index (Phi) is 9.21. The van der Waals surface area contributed by atoms with Gasteiger partial charge in [0.2, 0.25) is 0 Å². The van der Waals surface area contributed by atoms with E-state index in [9.17, 15) is 18.0 Å². The summed E-state index contributed by atoms with van der Waals surface area (Å²) in [6.07, 6.45) is -4.91. The normalized spacial score (nSPS) is 16.6. The lowest BCUT2D eigenvalue weighted by Gasteiger charge is -2.24. The Morgan fingerprint density at radius 3 is 1.82 bits per heavy atom. The van der Waals surface area contributed by atoms with Crippen molar-refractivity contribution in [3.05, 3.63) is 95.2 Å². The van der Waals surface area contributed by atoms with Crippen LogP contribution < -0.4 is 19.5 Å². The van der Waals surface area contributed by atoms with E-state index >= 15 is 0 Å². The van der Waals surface area contributed by atoms with Gasteiger partial charge in [-0.3, -0.25) is 4.79 Å². The van der Waals surface area contributed by atoms with Gasteiger partial charge in [-0.1, -0.05) is 24.3 Å². The molecule has 1 heterocycles. The number of likely N-dealkylation sites (tertiary alicyclic amines) is 1. The number of benzene rings is 3. The minimum Gasteiger partial charge on any atom is -0.497 e. The van der Waals surface area contributed by atoms with Gasteiger partial charge in [0.05, 0.1) is 40.6 Å². The molecule has 1 aliphatic heterocycles. The van der Waals surface area contributed by atoms with Gasteiger partial charge in [0.1, 0.15) is 22.9 Å². The standard InChI is InChI=1S/C30H31F3N2O5/c1-37-24-10-4-20(5-11-24)17-35-23(19-40-18-21-6-12-25(38-2)13-7-21)16-27(29(35)36)28(30(31,32)33)34-22-8-14-26(39-3)15-9-22/h4-15,23,34H,16-19H2,1-3H3/b28-27+/t23-/m0/s1. The van der Waals surface area contributed by atoms with Crippen LogP contribution in [-0.4, -0.2) is 51.0 Å². The zero-order valence-electron chi connectivity index (χ0n) is 22.5. The number of anilines is 1. The number of halogens is 3. The number of methoxy groups -OCH3 is 3. The molecule has 1 atom stereocenters.